The van der Waals surface area contributed by atoms with Gasteiger partial charge in [-0.05, 0) is 64.1 Å². The molecule has 0 fully saturated rings. The molecule has 292 valence electrons. The summed E-state index contributed by atoms with van der Waals surface area (Å²) in [5, 5.41) is 2.46. The molecule has 0 spiro atoms. The van der Waals surface area contributed by atoms with Gasteiger partial charge in [-0.2, -0.15) is 0 Å². The largest absolute Gasteiger partial charge is 0.461 e. The zero-order valence-corrected chi connectivity index (χ0v) is 33.7. The molecule has 1 atom stereocenters. The molecule has 0 saturated heterocycles. The van der Waals surface area contributed by atoms with Crippen LogP contribution in [-0.2, 0) is 0 Å². The third kappa shape index (κ3) is 6.22. The van der Waals surface area contributed by atoms with Gasteiger partial charge in [-0.15, -0.1) is 0 Å². The molecule has 0 N–H and O–H groups in total. The standard InChI is InChI=1S/C57H38N4O/c1-4-13-37(14-5-1)40-23-27-42(28-24-40)55-58-56(43-29-25-41(26-30-43)38-15-6-2-7-16-38)60-57(59-55)48-20-12-22-52-54(48)47-33-32-45(36-53(47)62-52)61-50-21-11-10-19-46(50)49-35-44(31-34-51(49)61)39-17-8-3-9-18-39/h1-32,34-36,47H,33H2. The molecule has 2 aromatic heterocycles. The van der Waals surface area contributed by atoms with E-state index in [0.29, 0.717) is 17.5 Å². The Morgan fingerprint density at radius 1 is 0.419 bits per heavy atom. The zero-order valence-electron chi connectivity index (χ0n) is 33.7. The summed E-state index contributed by atoms with van der Waals surface area (Å²) in [6.07, 6.45) is 5.35. The highest BCUT2D eigenvalue weighted by molar-refractivity contribution is 6.11. The van der Waals surface area contributed by atoms with Crippen LogP contribution in [0.3, 0.4) is 0 Å². The monoisotopic (exact) mass is 794 g/mol. The molecule has 10 aromatic rings. The van der Waals surface area contributed by atoms with Crippen molar-refractivity contribution >= 4 is 27.5 Å². The molecule has 0 saturated carbocycles. The first-order valence-electron chi connectivity index (χ1n) is 21.1. The van der Waals surface area contributed by atoms with Crippen molar-refractivity contribution in [1.82, 2.24) is 19.5 Å². The van der Waals surface area contributed by atoms with Gasteiger partial charge in [0.25, 0.3) is 0 Å². The van der Waals surface area contributed by atoms with Crippen LogP contribution >= 0.6 is 0 Å². The highest BCUT2D eigenvalue weighted by atomic mass is 16.5. The van der Waals surface area contributed by atoms with Crippen molar-refractivity contribution in [3.05, 3.63) is 224 Å². The maximum absolute atomic E-state index is 6.78. The quantitative estimate of drug-likeness (QED) is 0.161. The van der Waals surface area contributed by atoms with E-state index in [-0.39, 0.29) is 5.92 Å². The molecule has 5 nitrogen and oxygen atoms in total. The van der Waals surface area contributed by atoms with E-state index in [1.54, 1.807) is 0 Å². The SMILES string of the molecule is C1=C2Oc3cccc(-c4nc(-c5ccc(-c6ccccc6)cc5)nc(-c5ccc(-c6ccccc6)cc5)n4)c3C2CC=C1n1c2ccccc2c2cc(-c3ccccc3)ccc21. The summed E-state index contributed by atoms with van der Waals surface area (Å²) in [7, 11) is 0. The Labute approximate surface area is 359 Å². The number of hydrogen-bond acceptors (Lipinski definition) is 4. The maximum Gasteiger partial charge on any atom is 0.164 e. The van der Waals surface area contributed by atoms with Crippen LogP contribution in [0.5, 0.6) is 5.75 Å². The number of hydrogen-bond donors (Lipinski definition) is 0. The molecule has 0 amide bonds. The average molecular weight is 795 g/mol. The van der Waals surface area contributed by atoms with E-state index in [1.165, 1.54) is 44.1 Å². The Bertz CT molecular complexity index is 3270. The lowest BCUT2D eigenvalue weighted by atomic mass is 9.88. The lowest BCUT2D eigenvalue weighted by Gasteiger charge is -2.19. The molecule has 1 aliphatic carbocycles. The predicted octanol–water partition coefficient (Wildman–Crippen LogP) is 14.3. The molecular weight excluding hydrogens is 757 g/mol. The van der Waals surface area contributed by atoms with E-state index in [0.717, 1.165) is 57.0 Å². The second-order valence-corrected chi connectivity index (χ2v) is 15.9. The van der Waals surface area contributed by atoms with Crippen molar-refractivity contribution < 1.29 is 4.74 Å². The van der Waals surface area contributed by atoms with Crippen molar-refractivity contribution in [3.8, 4) is 73.3 Å². The number of allylic oxidation sites excluding steroid dienone is 4. The predicted molar refractivity (Wildman–Crippen MR) is 252 cm³/mol. The summed E-state index contributed by atoms with van der Waals surface area (Å²) in [5.74, 6) is 3.65. The van der Waals surface area contributed by atoms with Crippen LogP contribution < -0.4 is 4.74 Å². The summed E-state index contributed by atoms with van der Waals surface area (Å²) in [4.78, 5) is 15.5. The van der Waals surface area contributed by atoms with Gasteiger partial charge in [0.05, 0.1) is 17.0 Å². The number of para-hydroxylation sites is 1. The van der Waals surface area contributed by atoms with Gasteiger partial charge in [-0.3, -0.25) is 0 Å². The lowest BCUT2D eigenvalue weighted by Crippen LogP contribution is -2.08. The Balaban J connectivity index is 0.937. The first-order chi connectivity index (χ1) is 30.7. The molecule has 0 radical (unpaired) electrons. The number of ether oxygens (including phenoxy) is 1. The number of nitrogens with zero attached hydrogens (tertiary/aromatic N) is 4. The highest BCUT2D eigenvalue weighted by Gasteiger charge is 2.35. The van der Waals surface area contributed by atoms with Crippen LogP contribution in [0.4, 0.5) is 0 Å². The number of benzene rings is 8. The van der Waals surface area contributed by atoms with Crippen LogP contribution in [0.25, 0.3) is 95.0 Å². The van der Waals surface area contributed by atoms with Crippen molar-refractivity contribution in [1.29, 1.82) is 0 Å². The number of aromatic nitrogens is 4. The summed E-state index contributed by atoms with van der Waals surface area (Å²) >= 11 is 0. The van der Waals surface area contributed by atoms with Gasteiger partial charge in [0.2, 0.25) is 0 Å². The van der Waals surface area contributed by atoms with Crippen LogP contribution in [-0.4, -0.2) is 19.5 Å². The van der Waals surface area contributed by atoms with E-state index in [2.05, 4.69) is 199 Å². The van der Waals surface area contributed by atoms with Gasteiger partial charge < -0.3 is 9.30 Å². The van der Waals surface area contributed by atoms with Gasteiger partial charge in [0, 0.05) is 44.8 Å². The van der Waals surface area contributed by atoms with Crippen LogP contribution in [0.15, 0.2) is 218 Å². The fourth-order valence-electron chi connectivity index (χ4n) is 9.19. The highest BCUT2D eigenvalue weighted by Crippen LogP contribution is 2.50. The fourth-order valence-corrected chi connectivity index (χ4v) is 9.19. The molecule has 2 aliphatic rings. The molecule has 3 heterocycles. The molecule has 1 unspecified atom stereocenters. The van der Waals surface area contributed by atoms with Gasteiger partial charge in [-0.25, -0.2) is 15.0 Å². The summed E-state index contributed by atoms with van der Waals surface area (Å²) in [6, 6.07) is 70.1. The molecule has 8 aromatic carbocycles. The van der Waals surface area contributed by atoms with Crippen LogP contribution in [0.2, 0.25) is 0 Å². The van der Waals surface area contributed by atoms with Crippen LogP contribution in [0, 0.1) is 0 Å². The van der Waals surface area contributed by atoms with E-state index >= 15 is 0 Å². The van der Waals surface area contributed by atoms with Crippen molar-refractivity contribution in [3.63, 3.8) is 0 Å². The Kier molecular flexibility index (Phi) is 8.56. The summed E-state index contributed by atoms with van der Waals surface area (Å²) < 4.78 is 9.16. The van der Waals surface area contributed by atoms with Gasteiger partial charge >= 0.3 is 0 Å². The Morgan fingerprint density at radius 2 is 0.919 bits per heavy atom. The van der Waals surface area contributed by atoms with E-state index in [9.17, 15) is 0 Å². The van der Waals surface area contributed by atoms with Gasteiger partial charge in [0.15, 0.2) is 17.5 Å². The van der Waals surface area contributed by atoms with E-state index in [1.807, 2.05) is 18.2 Å². The minimum absolute atomic E-state index is 0.0155. The third-order valence-corrected chi connectivity index (χ3v) is 12.3. The first-order valence-corrected chi connectivity index (χ1v) is 21.1. The molecule has 5 heteroatoms. The molecule has 62 heavy (non-hydrogen) atoms. The maximum atomic E-state index is 6.78. The smallest absolute Gasteiger partial charge is 0.164 e. The normalized spacial score (nSPS) is 14.2. The Hall–Kier alpha value is -8.15. The molecule has 0 bridgehead atoms. The van der Waals surface area contributed by atoms with Gasteiger partial charge in [-0.1, -0.05) is 182 Å². The van der Waals surface area contributed by atoms with Crippen molar-refractivity contribution in [2.24, 2.45) is 0 Å². The molecule has 1 aliphatic heterocycles. The van der Waals surface area contributed by atoms with E-state index in [4.69, 9.17) is 19.7 Å². The average Bonchev–Trinajstić information content (AvgIpc) is 3.90. The summed E-state index contributed by atoms with van der Waals surface area (Å²) in [5.41, 5.74) is 14.4. The molecule has 12 rings (SSSR count). The molecular formula is C57H38N4O. The number of fused-ring (bicyclic) bond motifs is 6. The topological polar surface area (TPSA) is 52.8 Å². The van der Waals surface area contributed by atoms with E-state index < -0.39 is 0 Å². The second-order valence-electron chi connectivity index (χ2n) is 15.9. The zero-order chi connectivity index (χ0) is 41.0. The first kappa shape index (κ1) is 35.8. The third-order valence-electron chi connectivity index (χ3n) is 12.3. The minimum atomic E-state index is 0.0155. The van der Waals surface area contributed by atoms with Gasteiger partial charge in [0.1, 0.15) is 11.5 Å². The minimum Gasteiger partial charge on any atom is -0.461 e. The van der Waals surface area contributed by atoms with Crippen molar-refractivity contribution in [2.75, 3.05) is 0 Å². The summed E-state index contributed by atoms with van der Waals surface area (Å²) in [6.45, 7) is 0. The second kappa shape index (κ2) is 14.8. The van der Waals surface area contributed by atoms with Crippen LogP contribution in [0.1, 0.15) is 17.9 Å². The lowest BCUT2D eigenvalue weighted by molar-refractivity contribution is 0.425. The Morgan fingerprint density at radius 3 is 1.55 bits per heavy atom. The number of rotatable bonds is 7. The fraction of sp³-hybridized carbons (Fsp3) is 0.0351. The van der Waals surface area contributed by atoms with Crippen molar-refractivity contribution in [2.45, 2.75) is 12.3 Å².